The topological polar surface area (TPSA) is 32.8 Å². The molecule has 1 unspecified atom stereocenters. The molecule has 3 heterocycles. The second-order valence-corrected chi connectivity index (χ2v) is 10.5. The number of hydrogen-bond donors (Lipinski definition) is 0. The van der Waals surface area contributed by atoms with E-state index in [1.165, 1.54) is 12.8 Å². The Morgan fingerprint density at radius 1 is 0.917 bits per heavy atom. The van der Waals surface area contributed by atoms with Gasteiger partial charge in [-0.1, -0.05) is 41.6 Å². The van der Waals surface area contributed by atoms with E-state index in [1.54, 1.807) is 0 Å². The summed E-state index contributed by atoms with van der Waals surface area (Å²) in [6, 6.07) is 22.7. The van der Waals surface area contributed by atoms with Gasteiger partial charge in [-0.15, -0.1) is 0 Å². The van der Waals surface area contributed by atoms with Crippen molar-refractivity contribution in [2.45, 2.75) is 50.3 Å². The molecule has 3 aliphatic rings. The summed E-state index contributed by atoms with van der Waals surface area (Å²) in [6.45, 7) is 0.607. The minimum atomic E-state index is -0.00422. The predicted molar refractivity (Wildman–Crippen MR) is 144 cm³/mol. The lowest BCUT2D eigenvalue weighted by molar-refractivity contribution is 0.0662. The van der Waals surface area contributed by atoms with Gasteiger partial charge >= 0.3 is 0 Å². The highest BCUT2D eigenvalue weighted by atomic mass is 35.5. The van der Waals surface area contributed by atoms with Crippen LogP contribution in [-0.2, 0) is 6.42 Å². The number of carbonyl (C=O) groups excluding carboxylic acids is 1. The molecule has 6 rings (SSSR count). The molecule has 5 heteroatoms. The number of anilines is 1. The van der Waals surface area contributed by atoms with E-state index in [1.807, 2.05) is 71.6 Å². The molecule has 0 N–H and O–H groups in total. The van der Waals surface area contributed by atoms with Crippen molar-refractivity contribution in [3.8, 4) is 17.6 Å². The number of carbonyl (C=O) groups is 1. The van der Waals surface area contributed by atoms with Crippen LogP contribution < -0.4 is 9.64 Å². The van der Waals surface area contributed by atoms with Crippen molar-refractivity contribution in [3.05, 3.63) is 94.0 Å². The van der Waals surface area contributed by atoms with Gasteiger partial charge in [0.15, 0.2) is 0 Å². The van der Waals surface area contributed by atoms with Gasteiger partial charge in [-0.05, 0) is 93.2 Å². The Morgan fingerprint density at radius 3 is 2.42 bits per heavy atom. The van der Waals surface area contributed by atoms with Crippen molar-refractivity contribution in [3.63, 3.8) is 0 Å². The highest BCUT2D eigenvalue weighted by molar-refractivity contribution is 6.32. The molecule has 3 aliphatic heterocycles. The van der Waals surface area contributed by atoms with Crippen molar-refractivity contribution in [1.82, 2.24) is 4.90 Å². The molecule has 1 amide bonds. The van der Waals surface area contributed by atoms with Gasteiger partial charge in [-0.2, -0.15) is 0 Å². The maximum Gasteiger partial charge on any atom is 0.258 e. The third-order valence-electron chi connectivity index (χ3n) is 7.89. The maximum absolute atomic E-state index is 13.3. The first-order valence-corrected chi connectivity index (χ1v) is 13.1. The van der Waals surface area contributed by atoms with Gasteiger partial charge in [0, 0.05) is 41.0 Å². The third-order valence-corrected chi connectivity index (χ3v) is 8.18. The normalized spacial score (nSPS) is 23.1. The molecule has 36 heavy (non-hydrogen) atoms. The molecule has 0 spiro atoms. The average Bonchev–Trinajstić information content (AvgIpc) is 3.09. The zero-order valence-corrected chi connectivity index (χ0v) is 21.2. The van der Waals surface area contributed by atoms with E-state index in [9.17, 15) is 4.79 Å². The van der Waals surface area contributed by atoms with Crippen LogP contribution in [0.3, 0.4) is 0 Å². The zero-order chi connectivity index (χ0) is 24.6. The molecule has 0 saturated carbocycles. The van der Waals surface area contributed by atoms with Crippen molar-refractivity contribution in [1.29, 1.82) is 0 Å². The molecule has 182 valence electrons. The number of ether oxygens (including phenoxy) is 1. The van der Waals surface area contributed by atoms with Gasteiger partial charge in [-0.3, -0.25) is 4.79 Å². The standard InChI is InChI=1S/C31H29ClN2O2/c1-33-24-10-11-25(33)19-27(18-24)36-30-14-12-26(20-29(30)32)34-16-15-23-17-22(9-13-28(23)31(34)35)8-7-21-5-3-2-4-6-21/h2-6,9,12-14,17,20,24-25,27H,10-11,15-16,18-19H2,1H3/t24-,25+,27?. The minimum absolute atomic E-state index is 0.00422. The molecule has 2 fully saturated rings. The summed E-state index contributed by atoms with van der Waals surface area (Å²) in [5, 5.41) is 0.559. The predicted octanol–water partition coefficient (Wildman–Crippen LogP) is 5.95. The lowest BCUT2D eigenvalue weighted by Gasteiger charge is -2.36. The quantitative estimate of drug-likeness (QED) is 0.420. The number of fused-ring (bicyclic) bond motifs is 3. The largest absolute Gasteiger partial charge is 0.489 e. The first-order chi connectivity index (χ1) is 17.5. The molecule has 2 saturated heterocycles. The first-order valence-electron chi connectivity index (χ1n) is 12.7. The zero-order valence-electron chi connectivity index (χ0n) is 20.4. The molecule has 3 atom stereocenters. The van der Waals surface area contributed by atoms with Crippen LogP contribution in [-0.4, -0.2) is 42.6 Å². The molecule has 2 bridgehead atoms. The lowest BCUT2D eigenvalue weighted by atomic mass is 9.96. The van der Waals surface area contributed by atoms with Crippen LogP contribution in [0.5, 0.6) is 5.75 Å². The van der Waals surface area contributed by atoms with Gasteiger partial charge in [0.2, 0.25) is 0 Å². The minimum Gasteiger partial charge on any atom is -0.489 e. The number of benzene rings is 3. The Morgan fingerprint density at radius 2 is 1.67 bits per heavy atom. The Balaban J connectivity index is 1.16. The molecule has 0 aromatic heterocycles. The second kappa shape index (κ2) is 9.65. The van der Waals surface area contributed by atoms with Gasteiger partial charge in [0.1, 0.15) is 11.9 Å². The molecule has 3 aromatic carbocycles. The lowest BCUT2D eigenvalue weighted by Crippen LogP contribution is -2.43. The summed E-state index contributed by atoms with van der Waals surface area (Å²) >= 11 is 6.65. The molecule has 0 aliphatic carbocycles. The van der Waals surface area contributed by atoms with E-state index >= 15 is 0 Å². The SMILES string of the molecule is CN1[C@@H]2CC[C@H]1CC(Oc1ccc(N3CCc4cc(C#Cc5ccccc5)ccc4C3=O)cc1Cl)C2. The van der Waals surface area contributed by atoms with E-state index in [-0.39, 0.29) is 12.0 Å². The Kier molecular flexibility index (Phi) is 6.21. The van der Waals surface area contributed by atoms with Gasteiger partial charge in [-0.25, -0.2) is 0 Å². The molecular weight excluding hydrogens is 468 g/mol. The van der Waals surface area contributed by atoms with E-state index < -0.39 is 0 Å². The van der Waals surface area contributed by atoms with E-state index in [0.717, 1.165) is 47.2 Å². The third kappa shape index (κ3) is 4.50. The number of piperidine rings is 1. The Bertz CT molecular complexity index is 1350. The van der Waals surface area contributed by atoms with Gasteiger partial charge in [0.05, 0.1) is 5.02 Å². The van der Waals surface area contributed by atoms with Gasteiger partial charge < -0.3 is 14.5 Å². The van der Waals surface area contributed by atoms with Gasteiger partial charge in [0.25, 0.3) is 5.91 Å². The van der Waals surface area contributed by atoms with E-state index in [0.29, 0.717) is 29.4 Å². The second-order valence-electron chi connectivity index (χ2n) is 10.1. The number of rotatable bonds is 3. The fourth-order valence-electron chi connectivity index (χ4n) is 5.87. The summed E-state index contributed by atoms with van der Waals surface area (Å²) in [4.78, 5) is 17.7. The monoisotopic (exact) mass is 496 g/mol. The van der Waals surface area contributed by atoms with Crippen LogP contribution in [0.25, 0.3) is 0 Å². The fraction of sp³-hybridized carbons (Fsp3) is 0.323. The van der Waals surface area contributed by atoms with Crippen LogP contribution in [0.1, 0.15) is 52.7 Å². The molecule has 0 radical (unpaired) electrons. The molecule has 4 nitrogen and oxygen atoms in total. The maximum atomic E-state index is 13.3. The van der Waals surface area contributed by atoms with E-state index in [2.05, 4.69) is 23.8 Å². The van der Waals surface area contributed by atoms with Crippen LogP contribution in [0.4, 0.5) is 5.69 Å². The highest BCUT2D eigenvalue weighted by Crippen LogP contribution is 2.38. The van der Waals surface area contributed by atoms with Crippen LogP contribution in [0.2, 0.25) is 5.02 Å². The van der Waals surface area contributed by atoms with Crippen molar-refractivity contribution < 1.29 is 9.53 Å². The number of halogens is 1. The van der Waals surface area contributed by atoms with Crippen molar-refractivity contribution in [2.24, 2.45) is 0 Å². The average molecular weight is 497 g/mol. The highest BCUT2D eigenvalue weighted by Gasteiger charge is 2.39. The molecular formula is C31H29ClN2O2. The van der Waals surface area contributed by atoms with Crippen molar-refractivity contribution >= 4 is 23.2 Å². The Labute approximate surface area is 217 Å². The van der Waals surface area contributed by atoms with Crippen LogP contribution >= 0.6 is 11.6 Å². The summed E-state index contributed by atoms with van der Waals surface area (Å²) in [7, 11) is 2.23. The smallest absolute Gasteiger partial charge is 0.258 e. The summed E-state index contributed by atoms with van der Waals surface area (Å²) < 4.78 is 6.33. The number of nitrogens with zero attached hydrogens (tertiary/aromatic N) is 2. The van der Waals surface area contributed by atoms with Crippen LogP contribution in [0.15, 0.2) is 66.7 Å². The fourth-order valence-corrected chi connectivity index (χ4v) is 6.09. The summed E-state index contributed by atoms with van der Waals surface area (Å²) in [6.07, 6.45) is 5.58. The first kappa shape index (κ1) is 23.2. The Hall–Kier alpha value is -3.26. The van der Waals surface area contributed by atoms with Crippen molar-refractivity contribution in [2.75, 3.05) is 18.5 Å². The summed E-state index contributed by atoms with van der Waals surface area (Å²) in [5.74, 6) is 7.11. The molecule has 3 aromatic rings. The number of hydrogen-bond acceptors (Lipinski definition) is 3. The van der Waals surface area contributed by atoms with E-state index in [4.69, 9.17) is 16.3 Å². The summed E-state index contributed by atoms with van der Waals surface area (Å²) in [5.41, 5.74) is 4.47. The number of amides is 1. The van der Waals surface area contributed by atoms with Crippen LogP contribution in [0, 0.1) is 11.8 Å².